The van der Waals surface area contributed by atoms with E-state index in [2.05, 4.69) is 0 Å². The van der Waals surface area contributed by atoms with Gasteiger partial charge in [0.2, 0.25) is 15.9 Å². The molecule has 0 radical (unpaired) electrons. The number of hydrogen-bond donors (Lipinski definition) is 0. The summed E-state index contributed by atoms with van der Waals surface area (Å²) in [6.07, 6.45) is 1.15. The highest BCUT2D eigenvalue weighted by Gasteiger charge is 2.24. The maximum atomic E-state index is 12.7. The van der Waals surface area contributed by atoms with Crippen molar-refractivity contribution >= 4 is 21.9 Å². The molecule has 29 heavy (non-hydrogen) atoms. The van der Waals surface area contributed by atoms with Gasteiger partial charge >= 0.3 is 5.97 Å². The highest BCUT2D eigenvalue weighted by Crippen LogP contribution is 2.13. The smallest absolute Gasteiger partial charge is 0.325 e. The lowest BCUT2D eigenvalue weighted by Gasteiger charge is -2.22. The van der Waals surface area contributed by atoms with Crippen molar-refractivity contribution < 1.29 is 27.5 Å². The summed E-state index contributed by atoms with van der Waals surface area (Å²) in [7, 11) is -2.33. The average Bonchev–Trinajstić information content (AvgIpc) is 2.67. The van der Waals surface area contributed by atoms with E-state index in [4.69, 9.17) is 9.47 Å². The van der Waals surface area contributed by atoms with Crippen LogP contribution in [0.5, 0.6) is 0 Å². The molecule has 0 atom stereocenters. The highest BCUT2D eigenvalue weighted by molar-refractivity contribution is 7.89. The summed E-state index contributed by atoms with van der Waals surface area (Å²) >= 11 is 0. The predicted octanol–water partition coefficient (Wildman–Crippen LogP) is -0.0831. The Labute approximate surface area is 171 Å². The Morgan fingerprint density at radius 1 is 1.14 bits per heavy atom. The first-order chi connectivity index (χ1) is 13.7. The van der Waals surface area contributed by atoms with Gasteiger partial charge in [0.15, 0.2) is 0 Å². The number of aromatic nitrogens is 1. The summed E-state index contributed by atoms with van der Waals surface area (Å²) in [6, 6.07) is 2.33. The zero-order valence-corrected chi connectivity index (χ0v) is 18.1. The fraction of sp³-hybridized carbons (Fsp3) is 0.611. The Balaban J connectivity index is 3.12. The quantitative estimate of drug-likeness (QED) is 0.425. The Hall–Kier alpha value is -2.24. The van der Waals surface area contributed by atoms with Crippen molar-refractivity contribution in [1.29, 1.82) is 0 Å². The summed E-state index contributed by atoms with van der Waals surface area (Å²) in [6.45, 7) is 5.43. The third-order valence-corrected chi connectivity index (χ3v) is 6.18. The van der Waals surface area contributed by atoms with Gasteiger partial charge in [-0.15, -0.1) is 0 Å². The van der Waals surface area contributed by atoms with Crippen LogP contribution in [0.4, 0.5) is 0 Å². The fourth-order valence-electron chi connectivity index (χ4n) is 2.60. The van der Waals surface area contributed by atoms with E-state index in [0.29, 0.717) is 0 Å². The molecule has 0 fully saturated rings. The number of nitrogens with zero attached hydrogens (tertiary/aromatic N) is 3. The van der Waals surface area contributed by atoms with Crippen LogP contribution >= 0.6 is 0 Å². The van der Waals surface area contributed by atoms with Gasteiger partial charge < -0.3 is 18.9 Å². The van der Waals surface area contributed by atoms with Crippen molar-refractivity contribution in [2.75, 3.05) is 46.5 Å². The number of ether oxygens (including phenoxy) is 2. The molecule has 0 saturated carbocycles. The number of sulfonamides is 1. The molecule has 0 aliphatic carbocycles. The molecule has 0 spiro atoms. The van der Waals surface area contributed by atoms with Crippen molar-refractivity contribution in [2.24, 2.45) is 0 Å². The minimum atomic E-state index is -3.78. The topological polar surface area (TPSA) is 115 Å². The predicted molar refractivity (Wildman–Crippen MR) is 106 cm³/mol. The van der Waals surface area contributed by atoms with E-state index in [1.807, 2.05) is 0 Å². The second kappa shape index (κ2) is 11.7. The third kappa shape index (κ3) is 6.94. The lowest BCUT2D eigenvalue weighted by atomic mass is 10.4. The lowest BCUT2D eigenvalue weighted by molar-refractivity contribution is -0.149. The van der Waals surface area contributed by atoms with Crippen LogP contribution in [-0.4, -0.2) is 80.6 Å². The normalized spacial score (nSPS) is 11.5. The number of esters is 1. The molecule has 1 aromatic heterocycles. The van der Waals surface area contributed by atoms with Gasteiger partial charge in [-0.25, -0.2) is 8.42 Å². The SMILES string of the molecule is CCOC(=O)CN(CCOC)C(=O)Cn1cc(S(=O)(=O)N(CC)CC)ccc1=O. The molecular formula is C18H29N3O7S. The Morgan fingerprint density at radius 3 is 2.34 bits per heavy atom. The van der Waals surface area contributed by atoms with Gasteiger partial charge in [0, 0.05) is 39.0 Å². The minimum Gasteiger partial charge on any atom is -0.465 e. The number of rotatable bonds is 12. The first-order valence-corrected chi connectivity index (χ1v) is 10.8. The van der Waals surface area contributed by atoms with Gasteiger partial charge in [-0.3, -0.25) is 14.4 Å². The van der Waals surface area contributed by atoms with E-state index in [0.717, 1.165) is 16.8 Å². The van der Waals surface area contributed by atoms with Crippen LogP contribution in [0.15, 0.2) is 28.0 Å². The summed E-state index contributed by atoms with van der Waals surface area (Å²) < 4.78 is 37.4. The molecule has 0 N–H and O–H groups in total. The lowest BCUT2D eigenvalue weighted by Crippen LogP contribution is -2.42. The molecule has 11 heteroatoms. The molecule has 0 unspecified atom stereocenters. The van der Waals surface area contributed by atoms with Crippen LogP contribution in [0.2, 0.25) is 0 Å². The van der Waals surface area contributed by atoms with E-state index in [-0.39, 0.29) is 44.3 Å². The number of amides is 1. The number of pyridine rings is 1. The van der Waals surface area contributed by atoms with E-state index in [1.54, 1.807) is 20.8 Å². The van der Waals surface area contributed by atoms with E-state index < -0.39 is 34.0 Å². The van der Waals surface area contributed by atoms with Crippen LogP contribution < -0.4 is 5.56 Å². The standard InChI is InChI=1S/C18H29N3O7S/c1-5-21(6-2)29(25,26)15-8-9-16(22)20(12-15)13-17(23)19(10-11-27-4)14-18(24)28-7-3/h8-9,12H,5-7,10-11,13-14H2,1-4H3. The Kier molecular flexibility index (Phi) is 9.99. The van der Waals surface area contributed by atoms with Crippen LogP contribution in [0.25, 0.3) is 0 Å². The van der Waals surface area contributed by atoms with Crippen molar-refractivity contribution in [1.82, 2.24) is 13.8 Å². The maximum absolute atomic E-state index is 12.7. The van der Waals surface area contributed by atoms with Crippen molar-refractivity contribution in [2.45, 2.75) is 32.2 Å². The molecule has 10 nitrogen and oxygen atoms in total. The molecule has 1 rings (SSSR count). The van der Waals surface area contributed by atoms with Crippen molar-refractivity contribution in [3.8, 4) is 0 Å². The second-order valence-electron chi connectivity index (χ2n) is 6.03. The van der Waals surface area contributed by atoms with Crippen LogP contribution in [0.3, 0.4) is 0 Å². The third-order valence-electron chi connectivity index (χ3n) is 4.15. The van der Waals surface area contributed by atoms with E-state index in [9.17, 15) is 22.8 Å². The molecule has 1 aromatic rings. The monoisotopic (exact) mass is 431 g/mol. The summed E-state index contributed by atoms with van der Waals surface area (Å²) in [4.78, 5) is 37.7. The van der Waals surface area contributed by atoms with Crippen LogP contribution in [0.1, 0.15) is 20.8 Å². The first-order valence-electron chi connectivity index (χ1n) is 9.34. The fourth-order valence-corrected chi connectivity index (χ4v) is 4.08. The molecule has 0 aliphatic heterocycles. The zero-order chi connectivity index (χ0) is 22.0. The Bertz CT molecular complexity index is 847. The van der Waals surface area contributed by atoms with Crippen LogP contribution in [0, 0.1) is 0 Å². The van der Waals surface area contributed by atoms with E-state index >= 15 is 0 Å². The van der Waals surface area contributed by atoms with Gasteiger partial charge in [-0.05, 0) is 13.0 Å². The highest BCUT2D eigenvalue weighted by atomic mass is 32.2. The van der Waals surface area contributed by atoms with Gasteiger partial charge in [0.1, 0.15) is 13.1 Å². The maximum Gasteiger partial charge on any atom is 0.325 e. The largest absolute Gasteiger partial charge is 0.465 e. The summed E-state index contributed by atoms with van der Waals surface area (Å²) in [5.74, 6) is -1.11. The molecule has 1 amide bonds. The zero-order valence-electron chi connectivity index (χ0n) is 17.3. The van der Waals surface area contributed by atoms with E-state index in [1.165, 1.54) is 22.4 Å². The average molecular weight is 432 g/mol. The minimum absolute atomic E-state index is 0.0811. The molecule has 1 heterocycles. The van der Waals surface area contributed by atoms with Crippen molar-refractivity contribution in [3.63, 3.8) is 0 Å². The molecule has 0 bridgehead atoms. The Morgan fingerprint density at radius 2 is 1.79 bits per heavy atom. The van der Waals surface area contributed by atoms with Crippen LogP contribution in [-0.2, 0) is 35.6 Å². The summed E-state index contributed by atoms with van der Waals surface area (Å²) in [5.41, 5.74) is -0.528. The number of carbonyl (C=O) groups is 2. The van der Waals surface area contributed by atoms with Gasteiger partial charge in [-0.2, -0.15) is 4.31 Å². The van der Waals surface area contributed by atoms with Gasteiger partial charge in [0.05, 0.1) is 18.1 Å². The number of methoxy groups -OCH3 is 1. The number of carbonyl (C=O) groups excluding carboxylic acids is 2. The second-order valence-corrected chi connectivity index (χ2v) is 7.97. The van der Waals surface area contributed by atoms with Gasteiger partial charge in [0.25, 0.3) is 5.56 Å². The molecule has 0 aromatic carbocycles. The molecule has 0 aliphatic rings. The molecule has 0 saturated heterocycles. The van der Waals surface area contributed by atoms with Gasteiger partial charge in [-0.1, -0.05) is 13.8 Å². The van der Waals surface area contributed by atoms with Crippen molar-refractivity contribution in [3.05, 3.63) is 28.7 Å². The number of hydrogen-bond acceptors (Lipinski definition) is 7. The molecule has 164 valence electrons. The first kappa shape index (κ1) is 24.8. The molecular weight excluding hydrogens is 402 g/mol. The summed E-state index contributed by atoms with van der Waals surface area (Å²) in [5, 5.41) is 0.